The van der Waals surface area contributed by atoms with E-state index >= 15 is 0 Å². The lowest BCUT2D eigenvalue weighted by molar-refractivity contribution is -0.122. The molecule has 2 heterocycles. The third-order valence-corrected chi connectivity index (χ3v) is 6.27. The highest BCUT2D eigenvalue weighted by molar-refractivity contribution is 8.01. The summed E-state index contributed by atoms with van der Waals surface area (Å²) in [5.74, 6) is -0.582. The minimum absolute atomic E-state index is 0.0309. The van der Waals surface area contributed by atoms with Crippen molar-refractivity contribution in [3.8, 4) is 0 Å². The van der Waals surface area contributed by atoms with Gasteiger partial charge in [-0.1, -0.05) is 55.1 Å². The molecule has 1 N–H and O–H groups in total. The maximum Gasteiger partial charge on any atom is 0.231 e. The molecule has 2 atom stereocenters. The van der Waals surface area contributed by atoms with Crippen molar-refractivity contribution in [3.05, 3.63) is 30.3 Å². The SMILES string of the molecule is CC[C@@H](C)Sc1nnc(NC(=O)[C@@H]2CC(=O)N(c3ccccc3)C2)s1. The Balaban J connectivity index is 1.60. The highest BCUT2D eigenvalue weighted by atomic mass is 32.2. The van der Waals surface area contributed by atoms with E-state index in [9.17, 15) is 9.59 Å². The Labute approximate surface area is 155 Å². The fourth-order valence-electron chi connectivity index (χ4n) is 2.51. The minimum Gasteiger partial charge on any atom is -0.312 e. The number of anilines is 2. The number of para-hydroxylation sites is 1. The number of thioether (sulfide) groups is 1. The fourth-order valence-corrected chi connectivity index (χ4v) is 4.51. The number of rotatable bonds is 6. The van der Waals surface area contributed by atoms with Crippen molar-refractivity contribution in [3.63, 3.8) is 0 Å². The quantitative estimate of drug-likeness (QED) is 0.618. The normalized spacial score (nSPS) is 18.4. The molecule has 8 heteroatoms. The van der Waals surface area contributed by atoms with Crippen LogP contribution in [0.15, 0.2) is 34.7 Å². The summed E-state index contributed by atoms with van der Waals surface area (Å²) in [4.78, 5) is 26.3. The molecular weight excluding hydrogens is 356 g/mol. The molecule has 0 aliphatic carbocycles. The number of aromatic nitrogens is 2. The van der Waals surface area contributed by atoms with E-state index in [1.165, 1.54) is 11.3 Å². The summed E-state index contributed by atoms with van der Waals surface area (Å²) in [5, 5.41) is 11.9. The van der Waals surface area contributed by atoms with Crippen LogP contribution in [0.5, 0.6) is 0 Å². The first kappa shape index (κ1) is 17.9. The number of carbonyl (C=O) groups excluding carboxylic acids is 2. The van der Waals surface area contributed by atoms with Gasteiger partial charge in [0, 0.05) is 23.9 Å². The predicted molar refractivity (Wildman–Crippen MR) is 101 cm³/mol. The van der Waals surface area contributed by atoms with Crippen LogP contribution >= 0.6 is 23.1 Å². The van der Waals surface area contributed by atoms with Gasteiger partial charge in [0.05, 0.1) is 5.92 Å². The highest BCUT2D eigenvalue weighted by Crippen LogP contribution is 2.31. The number of benzene rings is 1. The van der Waals surface area contributed by atoms with Crippen LogP contribution in [0.25, 0.3) is 0 Å². The van der Waals surface area contributed by atoms with Crippen LogP contribution in [-0.2, 0) is 9.59 Å². The van der Waals surface area contributed by atoms with E-state index < -0.39 is 0 Å². The van der Waals surface area contributed by atoms with E-state index in [4.69, 9.17) is 0 Å². The molecule has 0 bridgehead atoms. The maximum atomic E-state index is 12.5. The highest BCUT2D eigenvalue weighted by Gasteiger charge is 2.35. The average molecular weight is 377 g/mol. The van der Waals surface area contributed by atoms with Crippen molar-refractivity contribution >= 4 is 45.7 Å². The van der Waals surface area contributed by atoms with Gasteiger partial charge in [0.2, 0.25) is 16.9 Å². The molecule has 25 heavy (non-hydrogen) atoms. The molecule has 1 aliphatic rings. The Kier molecular flexibility index (Phi) is 5.70. The molecule has 2 amide bonds. The second-order valence-electron chi connectivity index (χ2n) is 5.94. The molecule has 1 aromatic heterocycles. The van der Waals surface area contributed by atoms with Gasteiger partial charge in [-0.05, 0) is 18.6 Å². The number of carbonyl (C=O) groups is 2. The van der Waals surface area contributed by atoms with Gasteiger partial charge < -0.3 is 10.2 Å². The number of hydrogen-bond donors (Lipinski definition) is 1. The number of amides is 2. The summed E-state index contributed by atoms with van der Waals surface area (Å²) >= 11 is 3.02. The van der Waals surface area contributed by atoms with Gasteiger partial charge in [0.1, 0.15) is 0 Å². The minimum atomic E-state index is -0.373. The molecule has 6 nitrogen and oxygen atoms in total. The van der Waals surface area contributed by atoms with Crippen LogP contribution in [0.4, 0.5) is 10.8 Å². The zero-order valence-electron chi connectivity index (χ0n) is 14.1. The fraction of sp³-hybridized carbons (Fsp3) is 0.412. The van der Waals surface area contributed by atoms with E-state index in [2.05, 4.69) is 29.4 Å². The molecule has 1 fully saturated rings. The van der Waals surface area contributed by atoms with Crippen LogP contribution < -0.4 is 10.2 Å². The van der Waals surface area contributed by atoms with Crippen LogP contribution in [0.2, 0.25) is 0 Å². The topological polar surface area (TPSA) is 75.2 Å². The van der Waals surface area contributed by atoms with Gasteiger partial charge in [0.15, 0.2) is 4.34 Å². The summed E-state index contributed by atoms with van der Waals surface area (Å²) in [5.41, 5.74) is 0.825. The van der Waals surface area contributed by atoms with Crippen molar-refractivity contribution in [1.29, 1.82) is 0 Å². The zero-order chi connectivity index (χ0) is 17.8. The van der Waals surface area contributed by atoms with Crippen LogP contribution in [0.3, 0.4) is 0 Å². The Hall–Kier alpha value is -1.93. The molecule has 0 spiro atoms. The lowest BCUT2D eigenvalue weighted by Gasteiger charge is -2.16. The van der Waals surface area contributed by atoms with Gasteiger partial charge in [0.25, 0.3) is 0 Å². The molecule has 132 valence electrons. The molecular formula is C17H20N4O2S2. The van der Waals surface area contributed by atoms with E-state index in [1.54, 1.807) is 16.7 Å². The number of hydrogen-bond acceptors (Lipinski definition) is 6. The lowest BCUT2D eigenvalue weighted by atomic mass is 10.1. The first-order valence-electron chi connectivity index (χ1n) is 8.23. The van der Waals surface area contributed by atoms with E-state index in [0.29, 0.717) is 16.9 Å². The summed E-state index contributed by atoms with van der Waals surface area (Å²) in [7, 11) is 0. The van der Waals surface area contributed by atoms with Crippen LogP contribution in [0, 0.1) is 5.92 Å². The Morgan fingerprint density at radius 3 is 2.88 bits per heavy atom. The molecule has 2 aromatic rings. The predicted octanol–water partition coefficient (Wildman–Crippen LogP) is 3.42. The smallest absolute Gasteiger partial charge is 0.231 e. The number of nitrogens with one attached hydrogen (secondary N) is 1. The lowest BCUT2D eigenvalue weighted by Crippen LogP contribution is -2.28. The maximum absolute atomic E-state index is 12.5. The van der Waals surface area contributed by atoms with E-state index in [1.807, 2.05) is 30.3 Å². The second kappa shape index (κ2) is 7.97. The monoisotopic (exact) mass is 376 g/mol. The molecule has 1 saturated heterocycles. The van der Waals surface area contributed by atoms with Crippen molar-refractivity contribution in [1.82, 2.24) is 10.2 Å². The summed E-state index contributed by atoms with van der Waals surface area (Å²) in [6.07, 6.45) is 1.26. The third kappa shape index (κ3) is 4.38. The summed E-state index contributed by atoms with van der Waals surface area (Å²) in [6, 6.07) is 9.42. The Morgan fingerprint density at radius 2 is 2.16 bits per heavy atom. The van der Waals surface area contributed by atoms with Gasteiger partial charge >= 0.3 is 0 Å². The second-order valence-corrected chi connectivity index (χ2v) is 8.60. The van der Waals surface area contributed by atoms with Gasteiger partial charge in [-0.2, -0.15) is 0 Å². The zero-order valence-corrected chi connectivity index (χ0v) is 15.8. The van der Waals surface area contributed by atoms with Crippen molar-refractivity contribution in [2.24, 2.45) is 5.92 Å². The van der Waals surface area contributed by atoms with E-state index in [-0.39, 0.29) is 24.2 Å². The molecule has 3 rings (SSSR count). The van der Waals surface area contributed by atoms with Gasteiger partial charge in [-0.25, -0.2) is 0 Å². The first-order chi connectivity index (χ1) is 12.1. The van der Waals surface area contributed by atoms with Crippen molar-refractivity contribution in [2.45, 2.75) is 36.3 Å². The van der Waals surface area contributed by atoms with E-state index in [0.717, 1.165) is 16.4 Å². The molecule has 1 aromatic carbocycles. The first-order valence-corrected chi connectivity index (χ1v) is 9.93. The molecule has 0 saturated carbocycles. The Morgan fingerprint density at radius 1 is 1.40 bits per heavy atom. The van der Waals surface area contributed by atoms with Crippen LogP contribution in [0.1, 0.15) is 26.7 Å². The Bertz CT molecular complexity index is 750. The molecule has 0 radical (unpaired) electrons. The standard InChI is InChI=1S/C17H20N4O2S2/c1-3-11(2)24-17-20-19-16(25-17)18-15(23)12-9-14(22)21(10-12)13-7-5-4-6-8-13/h4-8,11-12H,3,9-10H2,1-2H3,(H,18,19,23)/t11-,12-/m1/s1. The largest absolute Gasteiger partial charge is 0.312 e. The third-order valence-electron chi connectivity index (χ3n) is 4.08. The van der Waals surface area contributed by atoms with Crippen molar-refractivity contribution in [2.75, 3.05) is 16.8 Å². The average Bonchev–Trinajstić information content (AvgIpc) is 3.22. The molecule has 0 unspecified atom stereocenters. The molecule has 1 aliphatic heterocycles. The van der Waals surface area contributed by atoms with Gasteiger partial charge in [-0.15, -0.1) is 10.2 Å². The van der Waals surface area contributed by atoms with Crippen molar-refractivity contribution < 1.29 is 9.59 Å². The summed E-state index contributed by atoms with van der Waals surface area (Å²) < 4.78 is 0.845. The van der Waals surface area contributed by atoms with Gasteiger partial charge in [-0.3, -0.25) is 9.59 Å². The summed E-state index contributed by atoms with van der Waals surface area (Å²) in [6.45, 7) is 4.64. The number of nitrogens with zero attached hydrogens (tertiary/aromatic N) is 3. The van der Waals surface area contributed by atoms with Crippen LogP contribution in [-0.4, -0.2) is 33.8 Å².